The number of hydrogen-bond acceptors (Lipinski definition) is 3. The van der Waals surface area contributed by atoms with Crippen molar-refractivity contribution in [2.75, 3.05) is 7.05 Å². The van der Waals surface area contributed by atoms with E-state index in [-0.39, 0.29) is 11.9 Å². The smallest absolute Gasteiger partial charge is 0.223 e. The van der Waals surface area contributed by atoms with Gasteiger partial charge in [-0.1, -0.05) is 29.8 Å². The number of rotatable bonds is 6. The number of allylic oxidation sites excluding steroid dienone is 1. The van der Waals surface area contributed by atoms with Crippen molar-refractivity contribution in [3.8, 4) is 0 Å². The number of nitrogens with zero attached hydrogens (tertiary/aromatic N) is 3. The summed E-state index contributed by atoms with van der Waals surface area (Å²) in [6, 6.07) is 7.13. The number of halogens is 1. The van der Waals surface area contributed by atoms with Gasteiger partial charge < -0.3 is 4.90 Å². The highest BCUT2D eigenvalue weighted by Gasteiger charge is 2.24. The molecule has 22 heavy (non-hydrogen) atoms. The molecule has 4 nitrogen and oxygen atoms in total. The second-order valence-corrected chi connectivity index (χ2v) is 5.35. The standard InChI is InChI=1S/C17H18ClN3O/c1-3-4-5-16(22)21(2)17(15-12-19-10-11-20-15)13-6-8-14(18)9-7-13/h3,6-12,17H,1,4-5H2,2H3/t17-/m1/s1. The summed E-state index contributed by atoms with van der Waals surface area (Å²) in [5.41, 5.74) is 1.67. The Morgan fingerprint density at radius 3 is 2.68 bits per heavy atom. The Labute approximate surface area is 135 Å². The first-order chi connectivity index (χ1) is 10.6. The van der Waals surface area contributed by atoms with Gasteiger partial charge in [-0.15, -0.1) is 6.58 Å². The Morgan fingerprint density at radius 1 is 1.36 bits per heavy atom. The molecule has 1 aromatic carbocycles. The zero-order valence-corrected chi connectivity index (χ0v) is 13.2. The Kier molecular flexibility index (Phi) is 5.67. The number of aromatic nitrogens is 2. The third-order valence-corrected chi connectivity index (χ3v) is 3.64. The van der Waals surface area contributed by atoms with Gasteiger partial charge in [-0.25, -0.2) is 0 Å². The van der Waals surface area contributed by atoms with Crippen LogP contribution in [0.4, 0.5) is 0 Å². The van der Waals surface area contributed by atoms with Crippen LogP contribution in [-0.4, -0.2) is 27.8 Å². The maximum Gasteiger partial charge on any atom is 0.223 e. The van der Waals surface area contributed by atoms with Crippen LogP contribution in [0.1, 0.15) is 30.1 Å². The molecular weight excluding hydrogens is 298 g/mol. The minimum Gasteiger partial charge on any atom is -0.333 e. The van der Waals surface area contributed by atoms with Crippen molar-refractivity contribution in [1.82, 2.24) is 14.9 Å². The van der Waals surface area contributed by atoms with E-state index < -0.39 is 0 Å². The second kappa shape index (κ2) is 7.71. The predicted octanol–water partition coefficient (Wildman–Crippen LogP) is 3.64. The maximum atomic E-state index is 12.4. The largest absolute Gasteiger partial charge is 0.333 e. The van der Waals surface area contributed by atoms with Gasteiger partial charge in [0.15, 0.2) is 0 Å². The van der Waals surface area contributed by atoms with E-state index in [9.17, 15) is 4.79 Å². The van der Waals surface area contributed by atoms with Crippen molar-refractivity contribution in [3.05, 3.63) is 71.8 Å². The zero-order valence-electron chi connectivity index (χ0n) is 12.4. The van der Waals surface area contributed by atoms with Crippen LogP contribution in [0.2, 0.25) is 5.02 Å². The number of carbonyl (C=O) groups excluding carboxylic acids is 1. The topological polar surface area (TPSA) is 46.1 Å². The van der Waals surface area contributed by atoms with E-state index in [1.165, 1.54) is 0 Å². The van der Waals surface area contributed by atoms with Crippen LogP contribution >= 0.6 is 11.6 Å². The van der Waals surface area contributed by atoms with E-state index in [2.05, 4.69) is 16.5 Å². The fourth-order valence-corrected chi connectivity index (χ4v) is 2.36. The normalized spacial score (nSPS) is 11.7. The van der Waals surface area contributed by atoms with E-state index >= 15 is 0 Å². The predicted molar refractivity (Wildman–Crippen MR) is 87.5 cm³/mol. The van der Waals surface area contributed by atoms with E-state index in [4.69, 9.17) is 11.6 Å². The van der Waals surface area contributed by atoms with Gasteiger partial charge in [0.05, 0.1) is 11.9 Å². The molecule has 2 aromatic rings. The Morgan fingerprint density at radius 2 is 2.09 bits per heavy atom. The lowest BCUT2D eigenvalue weighted by Crippen LogP contribution is -2.32. The first kappa shape index (κ1) is 16.2. The summed E-state index contributed by atoms with van der Waals surface area (Å²) in [6.07, 6.45) is 7.73. The van der Waals surface area contributed by atoms with E-state index in [1.54, 1.807) is 36.6 Å². The van der Waals surface area contributed by atoms with Gasteiger partial charge in [-0.2, -0.15) is 0 Å². The van der Waals surface area contributed by atoms with Gasteiger partial charge >= 0.3 is 0 Å². The molecule has 0 spiro atoms. The van der Waals surface area contributed by atoms with Gasteiger partial charge in [-0.3, -0.25) is 14.8 Å². The Bertz CT molecular complexity index is 628. The molecule has 0 radical (unpaired) electrons. The van der Waals surface area contributed by atoms with Gasteiger partial charge in [0.1, 0.15) is 6.04 Å². The lowest BCUT2D eigenvalue weighted by atomic mass is 10.0. The SMILES string of the molecule is C=CCCC(=O)N(C)[C@H](c1ccc(Cl)cc1)c1cnccn1. The summed E-state index contributed by atoms with van der Waals surface area (Å²) in [6.45, 7) is 3.66. The summed E-state index contributed by atoms with van der Waals surface area (Å²) in [7, 11) is 1.78. The van der Waals surface area contributed by atoms with Crippen LogP contribution in [0.15, 0.2) is 55.5 Å². The average molecular weight is 316 g/mol. The van der Waals surface area contributed by atoms with Crippen molar-refractivity contribution in [3.63, 3.8) is 0 Å². The zero-order chi connectivity index (χ0) is 15.9. The first-order valence-corrected chi connectivity index (χ1v) is 7.39. The van der Waals surface area contributed by atoms with Gasteiger partial charge in [-0.05, 0) is 24.1 Å². The number of amides is 1. The van der Waals surface area contributed by atoms with Crippen LogP contribution in [0, 0.1) is 0 Å². The fraction of sp³-hybridized carbons (Fsp3) is 0.235. The number of hydrogen-bond donors (Lipinski definition) is 0. The molecule has 0 saturated carbocycles. The molecule has 1 heterocycles. The van der Waals surface area contributed by atoms with E-state index in [0.717, 1.165) is 11.3 Å². The van der Waals surface area contributed by atoms with Crippen LogP contribution in [0.5, 0.6) is 0 Å². The van der Waals surface area contributed by atoms with E-state index in [0.29, 0.717) is 17.9 Å². The lowest BCUT2D eigenvalue weighted by Gasteiger charge is -2.28. The fourth-order valence-electron chi connectivity index (χ4n) is 2.24. The molecule has 0 aliphatic rings. The average Bonchev–Trinajstić information content (AvgIpc) is 2.55. The van der Waals surface area contributed by atoms with Crippen molar-refractivity contribution < 1.29 is 4.79 Å². The summed E-state index contributed by atoms with van der Waals surface area (Å²) in [4.78, 5) is 22.5. The molecule has 0 saturated heterocycles. The van der Waals surface area contributed by atoms with Crippen molar-refractivity contribution in [2.24, 2.45) is 0 Å². The number of benzene rings is 1. The minimum absolute atomic E-state index is 0.0329. The third kappa shape index (κ3) is 3.92. The quantitative estimate of drug-likeness (QED) is 0.764. The highest BCUT2D eigenvalue weighted by atomic mass is 35.5. The van der Waals surface area contributed by atoms with Gasteiger partial charge in [0.25, 0.3) is 0 Å². The molecular formula is C17H18ClN3O. The molecule has 1 atom stereocenters. The second-order valence-electron chi connectivity index (χ2n) is 4.92. The molecule has 2 rings (SSSR count). The molecule has 1 aromatic heterocycles. The molecule has 0 N–H and O–H groups in total. The van der Waals surface area contributed by atoms with Crippen LogP contribution in [-0.2, 0) is 4.79 Å². The summed E-state index contributed by atoms with van der Waals surface area (Å²) < 4.78 is 0. The molecule has 0 bridgehead atoms. The highest BCUT2D eigenvalue weighted by molar-refractivity contribution is 6.30. The van der Waals surface area contributed by atoms with Crippen LogP contribution < -0.4 is 0 Å². The van der Waals surface area contributed by atoms with E-state index in [1.807, 2.05) is 24.3 Å². The van der Waals surface area contributed by atoms with Crippen LogP contribution in [0.25, 0.3) is 0 Å². The maximum absolute atomic E-state index is 12.4. The molecule has 114 valence electrons. The minimum atomic E-state index is -0.289. The molecule has 0 fully saturated rings. The lowest BCUT2D eigenvalue weighted by molar-refractivity contribution is -0.131. The molecule has 0 aliphatic carbocycles. The summed E-state index contributed by atoms with van der Waals surface area (Å²) in [5.74, 6) is 0.0329. The van der Waals surface area contributed by atoms with Crippen molar-refractivity contribution in [1.29, 1.82) is 0 Å². The summed E-state index contributed by atoms with van der Waals surface area (Å²) >= 11 is 5.95. The molecule has 1 amide bonds. The Balaban J connectivity index is 2.35. The van der Waals surface area contributed by atoms with Crippen molar-refractivity contribution >= 4 is 17.5 Å². The molecule has 0 aliphatic heterocycles. The molecule has 5 heteroatoms. The van der Waals surface area contributed by atoms with Crippen molar-refractivity contribution in [2.45, 2.75) is 18.9 Å². The number of carbonyl (C=O) groups is 1. The van der Waals surface area contributed by atoms with Gasteiger partial charge in [0.2, 0.25) is 5.91 Å². The van der Waals surface area contributed by atoms with Gasteiger partial charge in [0, 0.05) is 30.9 Å². The Hall–Kier alpha value is -2.20. The highest BCUT2D eigenvalue weighted by Crippen LogP contribution is 2.27. The third-order valence-electron chi connectivity index (χ3n) is 3.39. The molecule has 0 unspecified atom stereocenters. The first-order valence-electron chi connectivity index (χ1n) is 7.01. The summed E-state index contributed by atoms with van der Waals surface area (Å²) in [5, 5.41) is 0.655. The van der Waals surface area contributed by atoms with Crippen LogP contribution in [0.3, 0.4) is 0 Å². The monoisotopic (exact) mass is 315 g/mol.